The Morgan fingerprint density at radius 3 is 2.09 bits per heavy atom. The van der Waals surface area contributed by atoms with Crippen molar-refractivity contribution in [3.05, 3.63) is 6.92 Å². The lowest BCUT2D eigenvalue weighted by molar-refractivity contribution is 0.0522. The molecule has 0 aliphatic heterocycles. The van der Waals surface area contributed by atoms with Crippen molar-refractivity contribution in [1.82, 2.24) is 0 Å². The molecular weight excluding hydrogens is 168 g/mol. The second-order valence-corrected chi connectivity index (χ2v) is 3.89. The smallest absolute Gasteiger partial charge is 0.295 e. The van der Waals surface area contributed by atoms with Crippen molar-refractivity contribution in [2.75, 3.05) is 7.11 Å². The Morgan fingerprint density at radius 2 is 2.09 bits per heavy atom. The predicted octanol–water partition coefficient (Wildman–Crippen LogP) is 0.851. The maximum absolute atomic E-state index is 10.7. The third-order valence-electron chi connectivity index (χ3n) is 1.76. The van der Waals surface area contributed by atoms with E-state index in [1.165, 1.54) is 7.11 Å². The minimum Gasteiger partial charge on any atom is -0.360 e. The second-order valence-electron chi connectivity index (χ2n) is 2.19. The van der Waals surface area contributed by atoms with E-state index in [1.54, 1.807) is 6.92 Å². The zero-order valence-corrected chi connectivity index (χ0v) is 7.52. The summed E-state index contributed by atoms with van der Waals surface area (Å²) in [6.45, 7) is 5.02. The van der Waals surface area contributed by atoms with Gasteiger partial charge in [0.25, 0.3) is 10.1 Å². The summed E-state index contributed by atoms with van der Waals surface area (Å²) in [5, 5.41) is 0. The molecule has 0 aliphatic rings. The Balaban J connectivity index is 4.86. The fourth-order valence-corrected chi connectivity index (χ4v) is 1.67. The summed E-state index contributed by atoms with van der Waals surface area (Å²) in [6, 6.07) is 0. The molecule has 1 unspecified atom stereocenters. The summed E-state index contributed by atoms with van der Waals surface area (Å²) in [7, 11) is -2.92. The van der Waals surface area contributed by atoms with Gasteiger partial charge in [-0.1, -0.05) is 6.92 Å². The predicted molar refractivity (Wildman–Crippen MR) is 41.6 cm³/mol. The molecule has 0 aromatic carbocycles. The number of hydrogen-bond acceptors (Lipinski definition) is 3. The zero-order valence-electron chi connectivity index (χ0n) is 6.70. The van der Waals surface area contributed by atoms with Crippen molar-refractivity contribution in [3.63, 3.8) is 0 Å². The number of hydrogen-bond donors (Lipinski definition) is 1. The van der Waals surface area contributed by atoms with Gasteiger partial charge in [-0.05, 0) is 19.8 Å². The molecule has 0 aromatic rings. The van der Waals surface area contributed by atoms with Crippen molar-refractivity contribution < 1.29 is 17.7 Å². The van der Waals surface area contributed by atoms with Crippen LogP contribution in [0.1, 0.15) is 19.8 Å². The molecule has 1 atom stereocenters. The van der Waals surface area contributed by atoms with Crippen LogP contribution in [-0.2, 0) is 14.9 Å². The molecular formula is C6H13O4S. The Kier molecular flexibility index (Phi) is 3.47. The van der Waals surface area contributed by atoms with Crippen LogP contribution in [0.3, 0.4) is 0 Å². The zero-order chi connectivity index (χ0) is 9.12. The first-order valence-electron chi connectivity index (χ1n) is 3.25. The molecule has 67 valence electrons. The minimum absolute atomic E-state index is 0.00116. The first kappa shape index (κ1) is 10.9. The van der Waals surface area contributed by atoms with Crippen LogP contribution in [0.4, 0.5) is 0 Å². The van der Waals surface area contributed by atoms with Gasteiger partial charge in [0.05, 0.1) is 0 Å². The highest BCUT2D eigenvalue weighted by atomic mass is 32.2. The van der Waals surface area contributed by atoms with Gasteiger partial charge < -0.3 is 4.74 Å². The van der Waals surface area contributed by atoms with Gasteiger partial charge >= 0.3 is 0 Å². The van der Waals surface area contributed by atoms with E-state index in [0.29, 0.717) is 0 Å². The van der Waals surface area contributed by atoms with E-state index in [9.17, 15) is 8.42 Å². The van der Waals surface area contributed by atoms with Crippen LogP contribution in [-0.4, -0.2) is 25.0 Å². The standard InChI is InChI=1S/C6H13O4S/c1-4-6(5-2,10-3)11(7,8)9/h1,4-5H2,2-3H3,(H,7,8,9). The van der Waals surface area contributed by atoms with Gasteiger partial charge in [0.1, 0.15) is 0 Å². The summed E-state index contributed by atoms with van der Waals surface area (Å²) in [5.41, 5.74) is 0. The number of rotatable bonds is 4. The van der Waals surface area contributed by atoms with Crippen LogP contribution in [0.15, 0.2) is 0 Å². The van der Waals surface area contributed by atoms with E-state index >= 15 is 0 Å². The average Bonchev–Trinajstić information content (AvgIpc) is 1.90. The van der Waals surface area contributed by atoms with Crippen LogP contribution in [0.25, 0.3) is 0 Å². The Hall–Kier alpha value is -0.130. The van der Waals surface area contributed by atoms with Crippen LogP contribution in [0, 0.1) is 6.92 Å². The van der Waals surface area contributed by atoms with Gasteiger partial charge in [0.2, 0.25) is 0 Å². The summed E-state index contributed by atoms with van der Waals surface area (Å²) < 4.78 is 34.9. The lowest BCUT2D eigenvalue weighted by Crippen LogP contribution is -2.38. The maximum Gasteiger partial charge on any atom is 0.295 e. The fraction of sp³-hybridized carbons (Fsp3) is 0.833. The largest absolute Gasteiger partial charge is 0.360 e. The first-order chi connectivity index (χ1) is 4.93. The first-order valence-corrected chi connectivity index (χ1v) is 4.69. The van der Waals surface area contributed by atoms with Gasteiger partial charge in [-0.3, -0.25) is 4.55 Å². The third kappa shape index (κ3) is 1.91. The fourth-order valence-electron chi connectivity index (χ4n) is 0.840. The molecule has 0 bridgehead atoms. The van der Waals surface area contributed by atoms with E-state index in [2.05, 4.69) is 6.92 Å². The van der Waals surface area contributed by atoms with Crippen molar-refractivity contribution in [1.29, 1.82) is 0 Å². The molecule has 0 rings (SSSR count). The molecule has 5 heteroatoms. The van der Waals surface area contributed by atoms with Crippen LogP contribution >= 0.6 is 0 Å². The molecule has 0 heterocycles. The van der Waals surface area contributed by atoms with Gasteiger partial charge in [-0.25, -0.2) is 0 Å². The molecule has 0 spiro atoms. The van der Waals surface area contributed by atoms with Gasteiger partial charge in [-0.2, -0.15) is 8.42 Å². The molecule has 0 saturated carbocycles. The number of methoxy groups -OCH3 is 1. The third-order valence-corrected chi connectivity index (χ3v) is 3.36. The molecule has 0 fully saturated rings. The van der Waals surface area contributed by atoms with Crippen LogP contribution in [0.2, 0.25) is 0 Å². The van der Waals surface area contributed by atoms with Crippen LogP contribution < -0.4 is 0 Å². The molecule has 11 heavy (non-hydrogen) atoms. The molecule has 1 N–H and O–H groups in total. The highest BCUT2D eigenvalue weighted by Crippen LogP contribution is 2.24. The average molecular weight is 181 g/mol. The van der Waals surface area contributed by atoms with E-state index in [-0.39, 0.29) is 12.8 Å². The van der Waals surface area contributed by atoms with E-state index in [0.717, 1.165) is 0 Å². The molecule has 0 aromatic heterocycles. The van der Waals surface area contributed by atoms with Crippen molar-refractivity contribution in [2.45, 2.75) is 24.7 Å². The highest BCUT2D eigenvalue weighted by Gasteiger charge is 2.39. The Labute approximate surface area is 67.3 Å². The van der Waals surface area contributed by atoms with Gasteiger partial charge in [0.15, 0.2) is 4.93 Å². The second kappa shape index (κ2) is 3.51. The summed E-state index contributed by atoms with van der Waals surface area (Å²) in [6.07, 6.45) is 0.185. The molecule has 1 radical (unpaired) electrons. The van der Waals surface area contributed by atoms with Crippen molar-refractivity contribution in [3.8, 4) is 0 Å². The molecule has 0 aliphatic carbocycles. The topological polar surface area (TPSA) is 63.6 Å². The van der Waals surface area contributed by atoms with Gasteiger partial charge in [0, 0.05) is 7.11 Å². The summed E-state index contributed by atoms with van der Waals surface area (Å²) >= 11 is 0. The molecule has 0 saturated heterocycles. The summed E-state index contributed by atoms with van der Waals surface area (Å²) in [4.78, 5) is -1.52. The molecule has 0 amide bonds. The van der Waals surface area contributed by atoms with E-state index < -0.39 is 15.1 Å². The van der Waals surface area contributed by atoms with Crippen molar-refractivity contribution in [2.24, 2.45) is 0 Å². The van der Waals surface area contributed by atoms with Crippen molar-refractivity contribution >= 4 is 10.1 Å². The molecule has 4 nitrogen and oxygen atoms in total. The quantitative estimate of drug-likeness (QED) is 0.653. The van der Waals surface area contributed by atoms with Crippen LogP contribution in [0.5, 0.6) is 0 Å². The monoisotopic (exact) mass is 181 g/mol. The van der Waals surface area contributed by atoms with Gasteiger partial charge in [-0.15, -0.1) is 0 Å². The summed E-state index contributed by atoms with van der Waals surface area (Å²) in [5.74, 6) is 0. The van der Waals surface area contributed by atoms with E-state index in [4.69, 9.17) is 9.29 Å². The SMILES string of the molecule is [CH2]CC(CC)(OC)S(=O)(=O)O. The number of ether oxygens (including phenoxy) is 1. The lowest BCUT2D eigenvalue weighted by Gasteiger charge is -2.25. The minimum atomic E-state index is -4.16. The lowest BCUT2D eigenvalue weighted by atomic mass is 10.2. The maximum atomic E-state index is 10.7. The Morgan fingerprint density at radius 1 is 1.64 bits per heavy atom. The Bertz CT molecular complexity index is 194. The highest BCUT2D eigenvalue weighted by molar-refractivity contribution is 7.87. The van der Waals surface area contributed by atoms with E-state index in [1.807, 2.05) is 0 Å². The normalized spacial score (nSPS) is 13.5.